The summed E-state index contributed by atoms with van der Waals surface area (Å²) in [6.45, 7) is 3.93. The van der Waals surface area contributed by atoms with E-state index in [1.165, 1.54) is 10.5 Å². The van der Waals surface area contributed by atoms with E-state index in [0.717, 1.165) is 11.1 Å². The van der Waals surface area contributed by atoms with Crippen LogP contribution < -0.4 is 0 Å². The summed E-state index contributed by atoms with van der Waals surface area (Å²) < 4.78 is 0. The standard InChI is InChI=1S/C20H25NO2S/c1-14-12-16(10-11-18(14)24-4)13-19(22)21(3)15(2)20(23)17-8-6-5-7-9-17/h5-12,15,20,23H,13H2,1-4H3/t15-,20-/m1/s1. The summed E-state index contributed by atoms with van der Waals surface area (Å²) in [5, 5.41) is 10.5. The third-order valence-electron chi connectivity index (χ3n) is 4.42. The van der Waals surface area contributed by atoms with Gasteiger partial charge in [-0.2, -0.15) is 0 Å². The molecule has 128 valence electrons. The number of likely N-dealkylation sites (N-methyl/N-ethyl adjacent to an activating group) is 1. The summed E-state index contributed by atoms with van der Waals surface area (Å²) in [4.78, 5) is 15.4. The average Bonchev–Trinajstić information content (AvgIpc) is 2.60. The van der Waals surface area contributed by atoms with Crippen molar-refractivity contribution in [2.75, 3.05) is 13.3 Å². The van der Waals surface area contributed by atoms with Crippen LogP contribution >= 0.6 is 11.8 Å². The zero-order valence-electron chi connectivity index (χ0n) is 14.7. The minimum Gasteiger partial charge on any atom is -0.386 e. The minimum atomic E-state index is -0.694. The Balaban J connectivity index is 2.04. The normalized spacial score (nSPS) is 13.4. The van der Waals surface area contributed by atoms with Gasteiger partial charge in [-0.1, -0.05) is 42.5 Å². The molecule has 3 nitrogen and oxygen atoms in total. The Bertz CT molecular complexity index is 687. The Morgan fingerprint density at radius 3 is 2.46 bits per heavy atom. The van der Waals surface area contributed by atoms with Gasteiger partial charge in [0, 0.05) is 11.9 Å². The van der Waals surface area contributed by atoms with Crippen LogP contribution in [0.3, 0.4) is 0 Å². The number of carbonyl (C=O) groups is 1. The number of aliphatic hydroxyl groups excluding tert-OH is 1. The second kappa shape index (κ2) is 8.36. The largest absolute Gasteiger partial charge is 0.386 e. The Kier molecular flexibility index (Phi) is 6.46. The fraction of sp³-hybridized carbons (Fsp3) is 0.350. The summed E-state index contributed by atoms with van der Waals surface area (Å²) in [6, 6.07) is 15.3. The summed E-state index contributed by atoms with van der Waals surface area (Å²) in [6.07, 6.45) is 1.70. The molecular weight excluding hydrogens is 318 g/mol. The molecule has 2 rings (SSSR count). The van der Waals surface area contributed by atoms with E-state index in [9.17, 15) is 9.90 Å². The second-order valence-electron chi connectivity index (χ2n) is 6.08. The quantitative estimate of drug-likeness (QED) is 0.810. The van der Waals surface area contributed by atoms with Crippen LogP contribution in [-0.4, -0.2) is 35.3 Å². The monoisotopic (exact) mass is 343 g/mol. The number of hydrogen-bond donors (Lipinski definition) is 1. The van der Waals surface area contributed by atoms with Crippen molar-refractivity contribution in [1.82, 2.24) is 4.90 Å². The molecule has 1 N–H and O–H groups in total. The van der Waals surface area contributed by atoms with E-state index in [0.29, 0.717) is 6.42 Å². The number of amides is 1. The molecule has 0 unspecified atom stereocenters. The van der Waals surface area contributed by atoms with Crippen LogP contribution in [-0.2, 0) is 11.2 Å². The van der Waals surface area contributed by atoms with E-state index in [4.69, 9.17) is 0 Å². The predicted molar refractivity (Wildman–Crippen MR) is 100 cm³/mol. The van der Waals surface area contributed by atoms with Gasteiger partial charge in [0.05, 0.1) is 18.6 Å². The van der Waals surface area contributed by atoms with Gasteiger partial charge in [0.1, 0.15) is 0 Å². The number of nitrogens with zero attached hydrogens (tertiary/aromatic N) is 1. The molecule has 1 amide bonds. The first-order valence-corrected chi connectivity index (χ1v) is 9.28. The Morgan fingerprint density at radius 1 is 1.21 bits per heavy atom. The maximum absolute atomic E-state index is 12.6. The predicted octanol–water partition coefficient (Wildman–Crippen LogP) is 3.84. The van der Waals surface area contributed by atoms with Crippen LogP contribution in [0.25, 0.3) is 0 Å². The Morgan fingerprint density at radius 2 is 1.88 bits per heavy atom. The van der Waals surface area contributed by atoms with Gasteiger partial charge in [-0.3, -0.25) is 4.79 Å². The first-order chi connectivity index (χ1) is 11.4. The highest BCUT2D eigenvalue weighted by molar-refractivity contribution is 7.98. The minimum absolute atomic E-state index is 0.00813. The molecule has 0 aliphatic rings. The van der Waals surface area contributed by atoms with Crippen LogP contribution in [0.5, 0.6) is 0 Å². The molecule has 2 aromatic rings. The van der Waals surface area contributed by atoms with Gasteiger partial charge in [0.15, 0.2) is 0 Å². The molecule has 2 aromatic carbocycles. The average molecular weight is 343 g/mol. The smallest absolute Gasteiger partial charge is 0.227 e. The van der Waals surface area contributed by atoms with Crippen molar-refractivity contribution < 1.29 is 9.90 Å². The molecule has 0 fully saturated rings. The number of aliphatic hydroxyl groups is 1. The van der Waals surface area contributed by atoms with Gasteiger partial charge >= 0.3 is 0 Å². The zero-order valence-corrected chi connectivity index (χ0v) is 15.5. The molecule has 4 heteroatoms. The van der Waals surface area contributed by atoms with E-state index >= 15 is 0 Å². The maximum Gasteiger partial charge on any atom is 0.227 e. The molecule has 0 aliphatic carbocycles. The van der Waals surface area contributed by atoms with Crippen molar-refractivity contribution in [2.24, 2.45) is 0 Å². The number of hydrogen-bond acceptors (Lipinski definition) is 3. The number of aryl methyl sites for hydroxylation is 1. The van der Waals surface area contributed by atoms with Gasteiger partial charge in [0.2, 0.25) is 5.91 Å². The molecule has 0 aliphatic heterocycles. The summed E-state index contributed by atoms with van der Waals surface area (Å²) in [7, 11) is 1.75. The third-order valence-corrected chi connectivity index (χ3v) is 5.31. The first-order valence-electron chi connectivity index (χ1n) is 8.06. The van der Waals surface area contributed by atoms with Crippen LogP contribution in [0.4, 0.5) is 0 Å². The third kappa shape index (κ3) is 4.40. The summed E-state index contributed by atoms with van der Waals surface area (Å²) >= 11 is 1.71. The van der Waals surface area contributed by atoms with E-state index in [-0.39, 0.29) is 11.9 Å². The van der Waals surface area contributed by atoms with Crippen LogP contribution in [0.2, 0.25) is 0 Å². The molecule has 2 atom stereocenters. The second-order valence-corrected chi connectivity index (χ2v) is 6.93. The molecule has 0 heterocycles. The van der Waals surface area contributed by atoms with Crippen LogP contribution in [0, 0.1) is 6.92 Å². The highest BCUT2D eigenvalue weighted by Gasteiger charge is 2.24. The fourth-order valence-corrected chi connectivity index (χ4v) is 3.30. The van der Waals surface area contributed by atoms with E-state index < -0.39 is 6.10 Å². The number of thioether (sulfide) groups is 1. The molecule has 0 spiro atoms. The lowest BCUT2D eigenvalue weighted by Gasteiger charge is -2.29. The van der Waals surface area contributed by atoms with Crippen molar-refractivity contribution in [3.8, 4) is 0 Å². The Hall–Kier alpha value is -1.78. The van der Waals surface area contributed by atoms with E-state index in [2.05, 4.69) is 19.1 Å². The van der Waals surface area contributed by atoms with Gasteiger partial charge < -0.3 is 10.0 Å². The van der Waals surface area contributed by atoms with Gasteiger partial charge in [-0.15, -0.1) is 11.8 Å². The van der Waals surface area contributed by atoms with Crippen molar-refractivity contribution in [2.45, 2.75) is 37.3 Å². The molecule has 0 aromatic heterocycles. The van der Waals surface area contributed by atoms with Gasteiger partial charge in [0.25, 0.3) is 0 Å². The molecule has 24 heavy (non-hydrogen) atoms. The molecule has 0 bridgehead atoms. The highest BCUT2D eigenvalue weighted by atomic mass is 32.2. The SMILES string of the molecule is CSc1ccc(CC(=O)N(C)[C@H](C)[C@@H](O)c2ccccc2)cc1C. The van der Waals surface area contributed by atoms with Crippen molar-refractivity contribution in [3.63, 3.8) is 0 Å². The topological polar surface area (TPSA) is 40.5 Å². The number of rotatable bonds is 6. The molecular formula is C20H25NO2S. The van der Waals surface area contributed by atoms with Crippen molar-refractivity contribution in [1.29, 1.82) is 0 Å². The van der Waals surface area contributed by atoms with Crippen molar-refractivity contribution in [3.05, 3.63) is 65.2 Å². The molecule has 0 saturated heterocycles. The lowest BCUT2D eigenvalue weighted by molar-refractivity contribution is -0.133. The Labute approximate surface area is 148 Å². The number of benzene rings is 2. The lowest BCUT2D eigenvalue weighted by atomic mass is 10.0. The number of carbonyl (C=O) groups excluding carboxylic acids is 1. The molecule has 0 saturated carbocycles. The van der Waals surface area contributed by atoms with E-state index in [1.807, 2.05) is 49.6 Å². The fourth-order valence-electron chi connectivity index (χ4n) is 2.72. The maximum atomic E-state index is 12.6. The van der Waals surface area contributed by atoms with Crippen LogP contribution in [0.15, 0.2) is 53.4 Å². The highest BCUT2D eigenvalue weighted by Crippen LogP contribution is 2.23. The van der Waals surface area contributed by atoms with Crippen molar-refractivity contribution >= 4 is 17.7 Å². The first kappa shape index (κ1) is 18.6. The summed E-state index contributed by atoms with van der Waals surface area (Å²) in [5.74, 6) is 0.00813. The van der Waals surface area contributed by atoms with E-state index in [1.54, 1.807) is 23.7 Å². The lowest BCUT2D eigenvalue weighted by Crippen LogP contribution is -2.39. The molecule has 0 radical (unpaired) electrons. The van der Waals surface area contributed by atoms with Crippen LogP contribution in [0.1, 0.15) is 29.7 Å². The zero-order chi connectivity index (χ0) is 17.7. The van der Waals surface area contributed by atoms with Gasteiger partial charge in [-0.25, -0.2) is 0 Å². The summed E-state index contributed by atoms with van der Waals surface area (Å²) in [5.41, 5.74) is 3.01. The van der Waals surface area contributed by atoms with Gasteiger partial charge in [-0.05, 0) is 42.9 Å².